The van der Waals surface area contributed by atoms with Gasteiger partial charge in [-0.3, -0.25) is 4.79 Å². The van der Waals surface area contributed by atoms with Crippen molar-refractivity contribution in [3.05, 3.63) is 58.9 Å². The predicted octanol–water partition coefficient (Wildman–Crippen LogP) is 3.61. The van der Waals surface area contributed by atoms with Crippen LogP contribution in [0.2, 0.25) is 0 Å². The van der Waals surface area contributed by atoms with Crippen molar-refractivity contribution in [1.29, 1.82) is 5.26 Å². The van der Waals surface area contributed by atoms with E-state index < -0.39 is 17.2 Å². The van der Waals surface area contributed by atoms with E-state index in [2.05, 4.69) is 5.32 Å². The van der Waals surface area contributed by atoms with Gasteiger partial charge >= 0.3 is 5.97 Å². The fourth-order valence-corrected chi connectivity index (χ4v) is 4.11. The topological polar surface area (TPSA) is 99.4 Å². The van der Waals surface area contributed by atoms with E-state index >= 15 is 0 Å². The van der Waals surface area contributed by atoms with Crippen LogP contribution in [0.4, 0.5) is 10.1 Å². The number of carbonyl (C=O) groups is 2. The Kier molecular flexibility index (Phi) is 4.27. The maximum absolute atomic E-state index is 14.2. The Morgan fingerprint density at radius 3 is 2.71 bits per heavy atom. The summed E-state index contributed by atoms with van der Waals surface area (Å²) in [4.78, 5) is 24.0. The van der Waals surface area contributed by atoms with Crippen LogP contribution in [0, 0.1) is 17.1 Å². The van der Waals surface area contributed by atoms with Crippen LogP contribution in [0.5, 0.6) is 5.75 Å². The van der Waals surface area contributed by atoms with E-state index in [0.717, 1.165) is 0 Å². The third-order valence-corrected chi connectivity index (χ3v) is 5.63. The molecule has 1 aliphatic carbocycles. The Morgan fingerprint density at radius 2 is 2.04 bits per heavy atom. The molecule has 28 heavy (non-hydrogen) atoms. The molecule has 2 aliphatic rings. The highest BCUT2D eigenvalue weighted by molar-refractivity contribution is 6.07. The van der Waals surface area contributed by atoms with E-state index in [-0.39, 0.29) is 28.9 Å². The molecule has 0 atom stereocenters. The number of nitrogens with zero attached hydrogens (tertiary/aromatic N) is 1. The third-order valence-electron chi connectivity index (χ3n) is 5.63. The van der Waals surface area contributed by atoms with Crippen molar-refractivity contribution < 1.29 is 23.8 Å². The van der Waals surface area contributed by atoms with Crippen molar-refractivity contribution >= 4 is 17.6 Å². The van der Waals surface area contributed by atoms with Gasteiger partial charge in [0.1, 0.15) is 6.07 Å². The number of carbonyl (C=O) groups excluding carboxylic acids is 1. The first-order valence-electron chi connectivity index (χ1n) is 8.99. The normalized spacial score (nSPS) is 23.0. The number of anilines is 1. The first-order valence-corrected chi connectivity index (χ1v) is 8.99. The van der Waals surface area contributed by atoms with Gasteiger partial charge in [0.15, 0.2) is 11.6 Å². The molecular formula is C21H17FN2O4. The molecule has 0 radical (unpaired) electrons. The van der Waals surface area contributed by atoms with Crippen LogP contribution in [-0.4, -0.2) is 23.1 Å². The fraction of sp³-hybridized carbons (Fsp3) is 0.286. The first-order chi connectivity index (χ1) is 13.4. The SMILES string of the molecule is N#Cc1cccc(OC2CCC3(CC2)C(=O)Nc2ccc(C(=O)O)cc23)c1F. The minimum atomic E-state index is -1.04. The maximum atomic E-state index is 14.2. The Hall–Kier alpha value is -3.40. The number of aromatic carboxylic acids is 1. The van der Waals surface area contributed by atoms with Crippen molar-refractivity contribution in [2.75, 3.05) is 5.32 Å². The largest absolute Gasteiger partial charge is 0.487 e. The molecule has 1 amide bonds. The lowest BCUT2D eigenvalue weighted by atomic mass is 9.69. The molecule has 6 nitrogen and oxygen atoms in total. The Labute approximate surface area is 160 Å². The van der Waals surface area contributed by atoms with Gasteiger partial charge in [-0.1, -0.05) is 6.07 Å². The predicted molar refractivity (Wildman–Crippen MR) is 97.7 cm³/mol. The summed E-state index contributed by atoms with van der Waals surface area (Å²) in [5.74, 6) is -1.83. The Balaban J connectivity index is 1.55. The molecule has 142 valence electrons. The zero-order chi connectivity index (χ0) is 19.9. The quantitative estimate of drug-likeness (QED) is 0.847. The standard InChI is InChI=1S/C21H17FN2O4/c22-18-13(11-23)2-1-3-17(18)28-14-6-8-21(9-7-14)15-10-12(19(25)26)4-5-16(15)24-20(21)27/h1-5,10,14H,6-9H2,(H,24,27)(H,25,26). The molecule has 2 N–H and O–H groups in total. The zero-order valence-electron chi connectivity index (χ0n) is 14.9. The Morgan fingerprint density at radius 1 is 1.29 bits per heavy atom. The van der Waals surface area contributed by atoms with Gasteiger partial charge in [0.05, 0.1) is 22.6 Å². The van der Waals surface area contributed by atoms with Crippen molar-refractivity contribution in [2.24, 2.45) is 0 Å². The number of nitriles is 1. The number of carboxylic acids is 1. The van der Waals surface area contributed by atoms with Crippen molar-refractivity contribution in [2.45, 2.75) is 37.2 Å². The zero-order valence-corrected chi connectivity index (χ0v) is 14.9. The number of hydrogen-bond donors (Lipinski definition) is 2. The summed E-state index contributed by atoms with van der Waals surface area (Å²) < 4.78 is 20.0. The molecule has 4 rings (SSSR count). The van der Waals surface area contributed by atoms with E-state index in [0.29, 0.717) is 36.9 Å². The number of rotatable bonds is 3. The fourth-order valence-electron chi connectivity index (χ4n) is 4.11. The van der Waals surface area contributed by atoms with Crippen LogP contribution in [0.3, 0.4) is 0 Å². The summed E-state index contributed by atoms with van der Waals surface area (Å²) in [6.07, 6.45) is 1.69. The molecule has 0 saturated heterocycles. The van der Waals surface area contributed by atoms with Crippen molar-refractivity contribution in [1.82, 2.24) is 0 Å². The first kappa shape index (κ1) is 18.0. The van der Waals surface area contributed by atoms with Gasteiger partial charge in [-0.05, 0) is 61.6 Å². The van der Waals surface area contributed by atoms with E-state index in [1.54, 1.807) is 24.3 Å². The van der Waals surface area contributed by atoms with Crippen molar-refractivity contribution in [3.63, 3.8) is 0 Å². The van der Waals surface area contributed by atoms with E-state index in [9.17, 15) is 19.1 Å². The molecule has 7 heteroatoms. The van der Waals surface area contributed by atoms with Crippen LogP contribution in [0.25, 0.3) is 0 Å². The van der Waals surface area contributed by atoms with Gasteiger partial charge in [-0.2, -0.15) is 5.26 Å². The number of hydrogen-bond acceptors (Lipinski definition) is 4. The van der Waals surface area contributed by atoms with Crippen LogP contribution in [0.15, 0.2) is 36.4 Å². The number of amides is 1. The molecule has 1 saturated carbocycles. The van der Waals surface area contributed by atoms with Gasteiger partial charge in [0.25, 0.3) is 0 Å². The van der Waals surface area contributed by atoms with Gasteiger partial charge < -0.3 is 15.2 Å². The molecular weight excluding hydrogens is 363 g/mol. The summed E-state index contributed by atoms with van der Waals surface area (Å²) in [6.45, 7) is 0. The second-order valence-corrected chi connectivity index (χ2v) is 7.15. The van der Waals surface area contributed by atoms with E-state index in [4.69, 9.17) is 10.00 Å². The lowest BCUT2D eigenvalue weighted by molar-refractivity contribution is -0.122. The highest BCUT2D eigenvalue weighted by Crippen LogP contribution is 2.48. The summed E-state index contributed by atoms with van der Waals surface area (Å²) >= 11 is 0. The summed E-state index contributed by atoms with van der Waals surface area (Å²) in [7, 11) is 0. The van der Waals surface area contributed by atoms with Gasteiger partial charge in [-0.15, -0.1) is 0 Å². The minimum absolute atomic E-state index is 0.0319. The minimum Gasteiger partial charge on any atom is -0.487 e. The van der Waals surface area contributed by atoms with E-state index in [1.165, 1.54) is 18.2 Å². The van der Waals surface area contributed by atoms with Crippen LogP contribution < -0.4 is 10.1 Å². The second kappa shape index (κ2) is 6.64. The van der Waals surface area contributed by atoms with Gasteiger partial charge in [-0.25, -0.2) is 9.18 Å². The molecule has 1 aliphatic heterocycles. The number of carboxylic acid groups (broad SMARTS) is 1. The average Bonchev–Trinajstić information content (AvgIpc) is 2.96. The number of fused-ring (bicyclic) bond motifs is 2. The molecule has 0 bridgehead atoms. The molecule has 0 unspecified atom stereocenters. The van der Waals surface area contributed by atoms with Crippen LogP contribution in [-0.2, 0) is 10.2 Å². The molecule has 0 aromatic heterocycles. The van der Waals surface area contributed by atoms with Crippen LogP contribution in [0.1, 0.15) is 47.2 Å². The molecule has 2 aromatic rings. The second-order valence-electron chi connectivity index (χ2n) is 7.15. The highest BCUT2D eigenvalue weighted by atomic mass is 19.1. The number of halogens is 1. The third kappa shape index (κ3) is 2.78. The van der Waals surface area contributed by atoms with Gasteiger partial charge in [0.2, 0.25) is 5.91 Å². The summed E-state index contributed by atoms with van der Waals surface area (Å²) in [6, 6.07) is 10.9. The summed E-state index contributed by atoms with van der Waals surface area (Å²) in [5.41, 5.74) is 0.627. The smallest absolute Gasteiger partial charge is 0.335 e. The number of ether oxygens (including phenoxy) is 1. The monoisotopic (exact) mass is 380 g/mol. The van der Waals surface area contributed by atoms with Crippen molar-refractivity contribution in [3.8, 4) is 11.8 Å². The summed E-state index contributed by atoms with van der Waals surface area (Å²) in [5, 5.41) is 21.0. The van der Waals surface area contributed by atoms with Crippen LogP contribution >= 0.6 is 0 Å². The number of nitrogens with one attached hydrogen (secondary N) is 1. The number of benzene rings is 2. The maximum Gasteiger partial charge on any atom is 0.335 e. The molecule has 1 fully saturated rings. The molecule has 1 heterocycles. The lowest BCUT2D eigenvalue weighted by Gasteiger charge is -2.35. The molecule has 2 aromatic carbocycles. The average molecular weight is 380 g/mol. The molecule has 1 spiro atoms. The Bertz CT molecular complexity index is 1020. The van der Waals surface area contributed by atoms with E-state index in [1.807, 2.05) is 0 Å². The van der Waals surface area contributed by atoms with Gasteiger partial charge in [0, 0.05) is 5.69 Å². The highest BCUT2D eigenvalue weighted by Gasteiger charge is 2.49. The lowest BCUT2D eigenvalue weighted by Crippen LogP contribution is -2.41.